The van der Waals surface area contributed by atoms with Crippen LogP contribution in [-0.2, 0) is 0 Å². The van der Waals surface area contributed by atoms with Crippen LogP contribution in [0.4, 0.5) is 0 Å². The Kier molecular flexibility index (Phi) is 3.53. The maximum atomic E-state index is 12.2. The number of hydrogen-bond donors (Lipinski definition) is 3. The Bertz CT molecular complexity index is 518. The molecule has 108 valence electrons. The van der Waals surface area contributed by atoms with Crippen LogP contribution in [0.5, 0.6) is 11.5 Å². The van der Waals surface area contributed by atoms with Crippen molar-refractivity contribution >= 4 is 5.91 Å². The van der Waals surface area contributed by atoms with Crippen molar-refractivity contribution in [2.45, 2.75) is 37.8 Å². The molecule has 2 unspecified atom stereocenters. The highest BCUT2D eigenvalue weighted by Crippen LogP contribution is 2.28. The van der Waals surface area contributed by atoms with Gasteiger partial charge in [0.05, 0.1) is 5.56 Å². The summed E-state index contributed by atoms with van der Waals surface area (Å²) >= 11 is 0. The van der Waals surface area contributed by atoms with Gasteiger partial charge in [0.25, 0.3) is 5.91 Å². The molecule has 20 heavy (non-hydrogen) atoms. The SMILES string of the molecule is O=C(NC1CCN2CCCCC12)c1cc(O)ccc1O. The van der Waals surface area contributed by atoms with Crippen molar-refractivity contribution in [3.8, 4) is 11.5 Å². The van der Waals surface area contributed by atoms with Gasteiger partial charge in [0.2, 0.25) is 0 Å². The molecule has 2 aliphatic rings. The number of amides is 1. The average Bonchev–Trinajstić information content (AvgIpc) is 2.85. The Morgan fingerprint density at radius 3 is 2.90 bits per heavy atom. The molecule has 0 aliphatic carbocycles. The van der Waals surface area contributed by atoms with E-state index in [1.807, 2.05) is 0 Å². The minimum Gasteiger partial charge on any atom is -0.508 e. The van der Waals surface area contributed by atoms with E-state index in [0.717, 1.165) is 25.9 Å². The predicted octanol–water partition coefficient (Wildman–Crippen LogP) is 1.45. The third kappa shape index (κ3) is 2.45. The Balaban J connectivity index is 1.71. The zero-order valence-electron chi connectivity index (χ0n) is 11.4. The fourth-order valence-corrected chi connectivity index (χ4v) is 3.37. The first-order valence-corrected chi connectivity index (χ1v) is 7.22. The molecule has 3 rings (SSSR count). The lowest BCUT2D eigenvalue weighted by Crippen LogP contribution is -2.46. The number of piperidine rings is 1. The van der Waals surface area contributed by atoms with Crippen molar-refractivity contribution in [3.05, 3.63) is 23.8 Å². The Hall–Kier alpha value is -1.75. The lowest BCUT2D eigenvalue weighted by molar-refractivity contribution is 0.0912. The van der Waals surface area contributed by atoms with Gasteiger partial charge < -0.3 is 15.5 Å². The number of benzene rings is 1. The van der Waals surface area contributed by atoms with Crippen LogP contribution < -0.4 is 5.32 Å². The summed E-state index contributed by atoms with van der Waals surface area (Å²) in [5, 5.41) is 22.2. The second kappa shape index (κ2) is 5.32. The van der Waals surface area contributed by atoms with Gasteiger partial charge in [0.15, 0.2) is 0 Å². The number of carbonyl (C=O) groups excluding carboxylic acids is 1. The number of phenols is 2. The molecule has 1 aromatic carbocycles. The van der Waals surface area contributed by atoms with E-state index in [1.54, 1.807) is 0 Å². The fraction of sp³-hybridized carbons (Fsp3) is 0.533. The van der Waals surface area contributed by atoms with Gasteiger partial charge in [0.1, 0.15) is 11.5 Å². The van der Waals surface area contributed by atoms with Crippen molar-refractivity contribution in [1.82, 2.24) is 10.2 Å². The summed E-state index contributed by atoms with van der Waals surface area (Å²) in [5.41, 5.74) is 0.138. The number of rotatable bonds is 2. The van der Waals surface area contributed by atoms with Crippen LogP contribution in [0.3, 0.4) is 0 Å². The Labute approximate surface area is 118 Å². The number of nitrogens with one attached hydrogen (secondary N) is 1. The summed E-state index contributed by atoms with van der Waals surface area (Å²) in [7, 11) is 0. The summed E-state index contributed by atoms with van der Waals surface area (Å²) in [5.74, 6) is -0.423. The van der Waals surface area contributed by atoms with Gasteiger partial charge >= 0.3 is 0 Å². The molecule has 0 radical (unpaired) electrons. The zero-order valence-corrected chi connectivity index (χ0v) is 11.4. The molecule has 2 fully saturated rings. The molecule has 0 saturated carbocycles. The van der Waals surface area contributed by atoms with E-state index >= 15 is 0 Å². The van der Waals surface area contributed by atoms with E-state index in [2.05, 4.69) is 10.2 Å². The van der Waals surface area contributed by atoms with Crippen molar-refractivity contribution < 1.29 is 15.0 Å². The Morgan fingerprint density at radius 1 is 1.20 bits per heavy atom. The average molecular weight is 276 g/mol. The highest BCUT2D eigenvalue weighted by Gasteiger charge is 2.36. The normalized spacial score (nSPS) is 26.2. The van der Waals surface area contributed by atoms with Crippen LogP contribution in [-0.4, -0.2) is 46.2 Å². The number of fused-ring (bicyclic) bond motifs is 1. The lowest BCUT2D eigenvalue weighted by atomic mass is 9.98. The van der Waals surface area contributed by atoms with E-state index in [9.17, 15) is 15.0 Å². The van der Waals surface area contributed by atoms with Crippen LogP contribution >= 0.6 is 0 Å². The zero-order chi connectivity index (χ0) is 14.1. The minimum absolute atomic E-state index is 0.0151. The standard InChI is InChI=1S/C15H20N2O3/c18-10-4-5-14(19)11(9-10)15(20)16-12-6-8-17-7-2-1-3-13(12)17/h4-5,9,12-13,18-19H,1-3,6-8H2,(H,16,20). The van der Waals surface area contributed by atoms with Crippen LogP contribution in [0.1, 0.15) is 36.0 Å². The molecule has 1 aromatic rings. The first-order chi connectivity index (χ1) is 9.65. The van der Waals surface area contributed by atoms with Gasteiger partial charge in [-0.15, -0.1) is 0 Å². The predicted molar refractivity (Wildman–Crippen MR) is 74.9 cm³/mol. The summed E-state index contributed by atoms with van der Waals surface area (Å²) in [4.78, 5) is 14.7. The largest absolute Gasteiger partial charge is 0.508 e. The van der Waals surface area contributed by atoms with E-state index in [0.29, 0.717) is 6.04 Å². The molecule has 5 nitrogen and oxygen atoms in total. The van der Waals surface area contributed by atoms with Gasteiger partial charge in [-0.3, -0.25) is 9.69 Å². The molecule has 5 heteroatoms. The van der Waals surface area contributed by atoms with Gasteiger partial charge in [0, 0.05) is 18.6 Å². The molecule has 3 N–H and O–H groups in total. The maximum Gasteiger partial charge on any atom is 0.255 e. The molecule has 0 aromatic heterocycles. The van der Waals surface area contributed by atoms with Gasteiger partial charge in [-0.2, -0.15) is 0 Å². The van der Waals surface area contributed by atoms with Crippen molar-refractivity contribution in [3.63, 3.8) is 0 Å². The van der Waals surface area contributed by atoms with Crippen molar-refractivity contribution in [2.24, 2.45) is 0 Å². The molecular formula is C15H20N2O3. The molecule has 2 atom stereocenters. The quantitative estimate of drug-likeness (QED) is 0.715. The van der Waals surface area contributed by atoms with E-state index < -0.39 is 0 Å². The number of carbonyl (C=O) groups is 1. The van der Waals surface area contributed by atoms with E-state index in [4.69, 9.17) is 0 Å². The molecular weight excluding hydrogens is 256 g/mol. The van der Waals surface area contributed by atoms with Crippen LogP contribution in [0.2, 0.25) is 0 Å². The second-order valence-electron chi connectivity index (χ2n) is 5.67. The van der Waals surface area contributed by atoms with E-state index in [1.165, 1.54) is 31.0 Å². The second-order valence-corrected chi connectivity index (χ2v) is 5.67. The summed E-state index contributed by atoms with van der Waals surface area (Å²) < 4.78 is 0. The third-order valence-corrected chi connectivity index (χ3v) is 4.40. The Morgan fingerprint density at radius 2 is 2.05 bits per heavy atom. The third-order valence-electron chi connectivity index (χ3n) is 4.40. The maximum absolute atomic E-state index is 12.2. The molecule has 2 heterocycles. The van der Waals surface area contributed by atoms with Crippen LogP contribution in [0.15, 0.2) is 18.2 Å². The van der Waals surface area contributed by atoms with Gasteiger partial charge in [-0.1, -0.05) is 6.42 Å². The molecule has 2 saturated heterocycles. The number of phenolic OH excluding ortho intramolecular Hbond substituents is 2. The van der Waals surface area contributed by atoms with Crippen molar-refractivity contribution in [2.75, 3.05) is 13.1 Å². The minimum atomic E-state index is -0.309. The van der Waals surface area contributed by atoms with Gasteiger partial charge in [-0.25, -0.2) is 0 Å². The first-order valence-electron chi connectivity index (χ1n) is 7.22. The smallest absolute Gasteiger partial charge is 0.255 e. The highest BCUT2D eigenvalue weighted by molar-refractivity contribution is 5.97. The number of nitrogens with zero attached hydrogens (tertiary/aromatic N) is 1. The van der Waals surface area contributed by atoms with Crippen molar-refractivity contribution in [1.29, 1.82) is 0 Å². The molecule has 0 spiro atoms. The van der Waals surface area contributed by atoms with Crippen LogP contribution in [0.25, 0.3) is 0 Å². The number of hydrogen-bond acceptors (Lipinski definition) is 4. The highest BCUT2D eigenvalue weighted by atomic mass is 16.3. The monoisotopic (exact) mass is 276 g/mol. The topological polar surface area (TPSA) is 72.8 Å². The van der Waals surface area contributed by atoms with Crippen LogP contribution in [0, 0.1) is 0 Å². The number of aromatic hydroxyl groups is 2. The summed E-state index contributed by atoms with van der Waals surface area (Å²) in [6, 6.07) is 4.57. The molecule has 1 amide bonds. The molecule has 0 bridgehead atoms. The summed E-state index contributed by atoms with van der Waals surface area (Å²) in [6.07, 6.45) is 4.53. The lowest BCUT2D eigenvalue weighted by Gasteiger charge is -2.32. The molecule has 2 aliphatic heterocycles. The first kappa shape index (κ1) is 13.2. The van der Waals surface area contributed by atoms with E-state index in [-0.39, 0.29) is 29.0 Å². The van der Waals surface area contributed by atoms with Gasteiger partial charge in [-0.05, 0) is 44.0 Å². The fourth-order valence-electron chi connectivity index (χ4n) is 3.37. The summed E-state index contributed by atoms with van der Waals surface area (Å²) in [6.45, 7) is 2.15.